The van der Waals surface area contributed by atoms with Gasteiger partial charge < -0.3 is 14.9 Å². The first-order valence-electron chi connectivity index (χ1n) is 5.75. The summed E-state index contributed by atoms with van der Waals surface area (Å²) in [6.45, 7) is -2.97. The van der Waals surface area contributed by atoms with Gasteiger partial charge in [-0.25, -0.2) is 0 Å². The van der Waals surface area contributed by atoms with Crippen LogP contribution in [0.15, 0.2) is 34.7 Å². The minimum absolute atomic E-state index is 0.107. The number of hydrogen-bond donors (Lipinski definition) is 1. The molecule has 20 heavy (non-hydrogen) atoms. The van der Waals surface area contributed by atoms with Gasteiger partial charge in [0.2, 0.25) is 0 Å². The average Bonchev–Trinajstić information content (AvgIpc) is 2.78. The summed E-state index contributed by atoms with van der Waals surface area (Å²) in [4.78, 5) is 11.1. The number of carbonyl (C=O) groups is 1. The SMILES string of the molecule is Nc1ccc2oc3c(OC(F)F)ccc(C=O)c3c2c1. The van der Waals surface area contributed by atoms with Crippen molar-refractivity contribution in [2.24, 2.45) is 0 Å². The monoisotopic (exact) mass is 277 g/mol. The molecular weight excluding hydrogens is 268 g/mol. The molecule has 0 aliphatic rings. The molecule has 0 fully saturated rings. The number of rotatable bonds is 3. The van der Waals surface area contributed by atoms with Crippen molar-refractivity contribution >= 4 is 33.9 Å². The maximum Gasteiger partial charge on any atom is 0.387 e. The maximum atomic E-state index is 12.4. The molecule has 3 rings (SSSR count). The van der Waals surface area contributed by atoms with Gasteiger partial charge in [0.25, 0.3) is 0 Å². The molecule has 0 saturated carbocycles. The van der Waals surface area contributed by atoms with Crippen molar-refractivity contribution in [1.82, 2.24) is 0 Å². The number of alkyl halides is 2. The van der Waals surface area contributed by atoms with Gasteiger partial charge in [-0.15, -0.1) is 0 Å². The Hall–Kier alpha value is -2.63. The lowest BCUT2D eigenvalue weighted by Gasteiger charge is -2.05. The third-order valence-electron chi connectivity index (χ3n) is 2.98. The lowest BCUT2D eigenvalue weighted by Crippen LogP contribution is -2.02. The van der Waals surface area contributed by atoms with E-state index in [-0.39, 0.29) is 11.3 Å². The highest BCUT2D eigenvalue weighted by Gasteiger charge is 2.17. The average molecular weight is 277 g/mol. The van der Waals surface area contributed by atoms with Crippen molar-refractivity contribution in [3.05, 3.63) is 35.9 Å². The van der Waals surface area contributed by atoms with Crippen LogP contribution in [0, 0.1) is 0 Å². The lowest BCUT2D eigenvalue weighted by molar-refractivity contribution is -0.0493. The van der Waals surface area contributed by atoms with Gasteiger partial charge in [0.05, 0.1) is 0 Å². The van der Waals surface area contributed by atoms with E-state index in [0.717, 1.165) is 0 Å². The Labute approximate surface area is 111 Å². The number of aldehydes is 1. The molecule has 0 radical (unpaired) electrons. The normalized spacial score (nSPS) is 11.3. The third-order valence-corrected chi connectivity index (χ3v) is 2.98. The zero-order valence-electron chi connectivity index (χ0n) is 10.1. The largest absolute Gasteiger partial charge is 0.452 e. The predicted molar refractivity (Wildman–Crippen MR) is 70.2 cm³/mol. The van der Waals surface area contributed by atoms with Gasteiger partial charge >= 0.3 is 6.61 Å². The van der Waals surface area contributed by atoms with Crippen molar-refractivity contribution in [3.63, 3.8) is 0 Å². The van der Waals surface area contributed by atoms with E-state index in [2.05, 4.69) is 4.74 Å². The van der Waals surface area contributed by atoms with Crippen LogP contribution in [-0.2, 0) is 0 Å². The Morgan fingerprint density at radius 2 is 2.05 bits per heavy atom. The molecule has 0 aliphatic carbocycles. The van der Waals surface area contributed by atoms with Crippen LogP contribution in [0.1, 0.15) is 10.4 Å². The summed E-state index contributed by atoms with van der Waals surface area (Å²) in [7, 11) is 0. The van der Waals surface area contributed by atoms with Gasteiger partial charge in [0.15, 0.2) is 17.6 Å². The number of anilines is 1. The number of ether oxygens (including phenoxy) is 1. The number of fused-ring (bicyclic) bond motifs is 3. The summed E-state index contributed by atoms with van der Waals surface area (Å²) in [5, 5.41) is 1.00. The molecule has 3 aromatic rings. The molecule has 0 amide bonds. The highest BCUT2D eigenvalue weighted by Crippen LogP contribution is 2.37. The maximum absolute atomic E-state index is 12.4. The number of carbonyl (C=O) groups excluding carboxylic acids is 1. The second-order valence-corrected chi connectivity index (χ2v) is 4.21. The Kier molecular flexibility index (Phi) is 2.78. The summed E-state index contributed by atoms with van der Waals surface area (Å²) < 4.78 is 34.7. The van der Waals surface area contributed by atoms with E-state index in [1.165, 1.54) is 12.1 Å². The molecule has 0 bridgehead atoms. The molecule has 0 atom stereocenters. The van der Waals surface area contributed by atoms with E-state index in [1.807, 2.05) is 0 Å². The molecule has 1 aromatic heterocycles. The number of halogens is 2. The van der Waals surface area contributed by atoms with Gasteiger partial charge in [-0.3, -0.25) is 4.79 Å². The van der Waals surface area contributed by atoms with E-state index in [0.29, 0.717) is 33.9 Å². The van der Waals surface area contributed by atoms with Gasteiger partial charge in [0, 0.05) is 22.0 Å². The van der Waals surface area contributed by atoms with Gasteiger partial charge in [-0.1, -0.05) is 0 Å². The van der Waals surface area contributed by atoms with E-state index >= 15 is 0 Å². The molecule has 102 valence electrons. The zero-order chi connectivity index (χ0) is 14.3. The number of benzene rings is 2. The molecule has 1 heterocycles. The van der Waals surface area contributed by atoms with Crippen molar-refractivity contribution in [2.45, 2.75) is 6.61 Å². The van der Waals surface area contributed by atoms with Crippen molar-refractivity contribution in [1.29, 1.82) is 0 Å². The first-order chi connectivity index (χ1) is 9.60. The van der Waals surface area contributed by atoms with E-state index < -0.39 is 6.61 Å². The summed E-state index contributed by atoms with van der Waals surface area (Å²) in [6.07, 6.45) is 0.632. The quantitative estimate of drug-likeness (QED) is 0.587. The Morgan fingerprint density at radius 3 is 2.75 bits per heavy atom. The van der Waals surface area contributed by atoms with Crippen LogP contribution in [0.3, 0.4) is 0 Å². The van der Waals surface area contributed by atoms with E-state index in [9.17, 15) is 13.6 Å². The molecular formula is C14H9F2NO3. The second-order valence-electron chi connectivity index (χ2n) is 4.21. The highest BCUT2D eigenvalue weighted by molar-refractivity contribution is 6.14. The van der Waals surface area contributed by atoms with Crippen LogP contribution in [0.5, 0.6) is 5.75 Å². The van der Waals surface area contributed by atoms with Crippen LogP contribution in [-0.4, -0.2) is 12.9 Å². The predicted octanol–water partition coefficient (Wildman–Crippen LogP) is 3.58. The fourth-order valence-corrected chi connectivity index (χ4v) is 2.19. The smallest absolute Gasteiger partial charge is 0.387 e. The Balaban J connectivity index is 2.41. The molecule has 0 spiro atoms. The molecule has 0 unspecified atom stereocenters. The van der Waals surface area contributed by atoms with Crippen molar-refractivity contribution < 1.29 is 22.7 Å². The number of nitrogens with two attached hydrogens (primary N) is 1. The molecule has 6 heteroatoms. The van der Waals surface area contributed by atoms with Crippen LogP contribution >= 0.6 is 0 Å². The van der Waals surface area contributed by atoms with Gasteiger partial charge in [0.1, 0.15) is 5.58 Å². The van der Waals surface area contributed by atoms with Crippen LogP contribution < -0.4 is 10.5 Å². The Bertz CT molecular complexity index is 811. The summed E-state index contributed by atoms with van der Waals surface area (Å²) >= 11 is 0. The van der Waals surface area contributed by atoms with Crippen LogP contribution in [0.2, 0.25) is 0 Å². The summed E-state index contributed by atoms with van der Waals surface area (Å²) in [5.41, 5.74) is 7.07. The topological polar surface area (TPSA) is 65.5 Å². The lowest BCUT2D eigenvalue weighted by atomic mass is 10.1. The molecule has 4 nitrogen and oxygen atoms in total. The molecule has 2 aromatic carbocycles. The highest BCUT2D eigenvalue weighted by atomic mass is 19.3. The first-order valence-corrected chi connectivity index (χ1v) is 5.75. The van der Waals surface area contributed by atoms with Crippen molar-refractivity contribution in [3.8, 4) is 5.75 Å². The van der Waals surface area contributed by atoms with Crippen LogP contribution in [0.4, 0.5) is 14.5 Å². The van der Waals surface area contributed by atoms with Crippen molar-refractivity contribution in [2.75, 3.05) is 5.73 Å². The van der Waals surface area contributed by atoms with Gasteiger partial charge in [-0.05, 0) is 30.3 Å². The zero-order valence-corrected chi connectivity index (χ0v) is 10.1. The fraction of sp³-hybridized carbons (Fsp3) is 0.0714. The molecule has 0 saturated heterocycles. The minimum atomic E-state index is -2.97. The second kappa shape index (κ2) is 4.48. The molecule has 0 aliphatic heterocycles. The van der Waals surface area contributed by atoms with Crippen LogP contribution in [0.25, 0.3) is 21.9 Å². The summed E-state index contributed by atoms with van der Waals surface area (Å²) in [6, 6.07) is 7.56. The minimum Gasteiger partial charge on any atom is -0.452 e. The molecule has 2 N–H and O–H groups in total. The summed E-state index contributed by atoms with van der Waals surface area (Å²) in [5.74, 6) is -0.115. The fourth-order valence-electron chi connectivity index (χ4n) is 2.19. The van der Waals surface area contributed by atoms with E-state index in [1.54, 1.807) is 18.2 Å². The van der Waals surface area contributed by atoms with Gasteiger partial charge in [-0.2, -0.15) is 8.78 Å². The number of nitrogen functional groups attached to an aromatic ring is 1. The number of hydrogen-bond acceptors (Lipinski definition) is 4. The number of furan rings is 1. The Morgan fingerprint density at radius 1 is 1.25 bits per heavy atom. The van der Waals surface area contributed by atoms with E-state index in [4.69, 9.17) is 10.2 Å². The standard InChI is InChI=1S/C14H9F2NO3/c15-14(16)20-11-3-1-7(6-18)12-9-5-8(17)2-4-10(9)19-13(11)12/h1-6,14H,17H2. The first kappa shape index (κ1) is 12.4. The third kappa shape index (κ3) is 1.85.